The first-order valence-corrected chi connectivity index (χ1v) is 9.52. The lowest BCUT2D eigenvalue weighted by Crippen LogP contribution is -3.10. The molecule has 0 radical (unpaired) electrons. The summed E-state index contributed by atoms with van der Waals surface area (Å²) in [7, 11) is 0. The minimum Gasteiger partial charge on any atom is -0.463 e. The van der Waals surface area contributed by atoms with Crippen LogP contribution in [0.4, 0.5) is 5.69 Å². The van der Waals surface area contributed by atoms with E-state index in [9.17, 15) is 9.59 Å². The van der Waals surface area contributed by atoms with Crippen molar-refractivity contribution in [3.63, 3.8) is 0 Å². The van der Waals surface area contributed by atoms with E-state index in [1.54, 1.807) is 12.5 Å². The molecule has 0 unspecified atom stereocenters. The minimum atomic E-state index is -0.259. The fourth-order valence-electron chi connectivity index (χ4n) is 3.06. The third-order valence-electron chi connectivity index (χ3n) is 4.74. The van der Waals surface area contributed by atoms with Crippen LogP contribution in [0.15, 0.2) is 63.8 Å². The van der Waals surface area contributed by atoms with Gasteiger partial charge in [0.05, 0.1) is 19.1 Å². The Morgan fingerprint density at radius 3 is 2.14 bits per heavy atom. The van der Waals surface area contributed by atoms with Crippen molar-refractivity contribution in [2.24, 2.45) is 0 Å². The van der Waals surface area contributed by atoms with E-state index in [1.807, 2.05) is 56.3 Å². The zero-order valence-corrected chi connectivity index (χ0v) is 16.7. The maximum atomic E-state index is 12.4. The zero-order chi connectivity index (χ0) is 20.6. The van der Waals surface area contributed by atoms with Gasteiger partial charge >= 0.3 is 0 Å². The van der Waals surface area contributed by atoms with E-state index in [0.29, 0.717) is 13.1 Å². The second kappa shape index (κ2) is 9.75. The number of nitrogens with one attached hydrogen (secondary N) is 3. The number of amides is 2. The molecule has 0 spiro atoms. The quantitative estimate of drug-likeness (QED) is 0.515. The third-order valence-corrected chi connectivity index (χ3v) is 4.74. The molecular formula is C22H26N3O4+. The van der Waals surface area contributed by atoms with Crippen LogP contribution < -0.4 is 15.5 Å². The van der Waals surface area contributed by atoms with Crippen LogP contribution in [0.3, 0.4) is 0 Å². The Labute approximate surface area is 169 Å². The lowest BCUT2D eigenvalue weighted by molar-refractivity contribution is -0.921. The van der Waals surface area contributed by atoms with Crippen LogP contribution >= 0.6 is 0 Å². The maximum Gasteiger partial charge on any atom is 0.275 e. The fourth-order valence-corrected chi connectivity index (χ4v) is 3.06. The average molecular weight is 396 g/mol. The Kier molecular flexibility index (Phi) is 6.86. The number of rotatable bonds is 9. The Morgan fingerprint density at radius 2 is 1.55 bits per heavy atom. The van der Waals surface area contributed by atoms with Crippen LogP contribution in [0.1, 0.15) is 22.6 Å². The topological polar surface area (TPSA) is 88.9 Å². The summed E-state index contributed by atoms with van der Waals surface area (Å²) in [5.74, 6) is 1.10. The molecular weight excluding hydrogens is 370 g/mol. The molecule has 152 valence electrons. The molecule has 7 nitrogen and oxygen atoms in total. The highest BCUT2D eigenvalue weighted by molar-refractivity contribution is 5.95. The average Bonchev–Trinajstić information content (AvgIpc) is 3.38. The van der Waals surface area contributed by atoms with Gasteiger partial charge in [0.2, 0.25) is 5.91 Å². The molecule has 0 atom stereocenters. The first kappa shape index (κ1) is 20.4. The number of quaternary nitrogens is 1. The van der Waals surface area contributed by atoms with Gasteiger partial charge in [-0.2, -0.15) is 0 Å². The van der Waals surface area contributed by atoms with Gasteiger partial charge in [0, 0.05) is 5.69 Å². The van der Waals surface area contributed by atoms with Crippen LogP contribution in [-0.4, -0.2) is 24.9 Å². The number of furan rings is 2. The molecule has 0 saturated heterocycles. The van der Waals surface area contributed by atoms with Gasteiger partial charge in [-0.05, 0) is 55.3 Å². The van der Waals surface area contributed by atoms with Gasteiger partial charge in [-0.1, -0.05) is 12.1 Å². The number of hydrogen-bond acceptors (Lipinski definition) is 4. The van der Waals surface area contributed by atoms with Crippen LogP contribution in [-0.2, 0) is 22.7 Å². The molecule has 0 bridgehead atoms. The Bertz CT molecular complexity index is 897. The number of benzene rings is 1. The van der Waals surface area contributed by atoms with Gasteiger partial charge in [-0.25, -0.2) is 0 Å². The molecule has 2 amide bonds. The summed E-state index contributed by atoms with van der Waals surface area (Å²) in [4.78, 5) is 25.6. The van der Waals surface area contributed by atoms with Gasteiger partial charge in [0.25, 0.3) is 5.91 Å². The minimum absolute atomic E-state index is 0.0823. The smallest absolute Gasteiger partial charge is 0.275 e. The van der Waals surface area contributed by atoms with Crippen molar-refractivity contribution >= 4 is 17.5 Å². The highest BCUT2D eigenvalue weighted by Gasteiger charge is 2.19. The molecule has 0 aliphatic carbocycles. The molecule has 29 heavy (non-hydrogen) atoms. The van der Waals surface area contributed by atoms with Gasteiger partial charge in [0.15, 0.2) is 18.1 Å². The van der Waals surface area contributed by atoms with Crippen LogP contribution in [0.25, 0.3) is 0 Å². The summed E-state index contributed by atoms with van der Waals surface area (Å²) in [6.45, 7) is 5.13. The first-order valence-electron chi connectivity index (χ1n) is 9.52. The van der Waals surface area contributed by atoms with Gasteiger partial charge in [-0.15, -0.1) is 0 Å². The summed E-state index contributed by atoms with van der Waals surface area (Å²) < 4.78 is 10.8. The summed E-state index contributed by atoms with van der Waals surface area (Å²) >= 11 is 0. The highest BCUT2D eigenvalue weighted by Crippen LogP contribution is 2.17. The number of aryl methyl sites for hydroxylation is 1. The van der Waals surface area contributed by atoms with Crippen LogP contribution in [0.5, 0.6) is 0 Å². The molecule has 2 aromatic heterocycles. The normalized spacial score (nSPS) is 10.9. The van der Waals surface area contributed by atoms with E-state index in [2.05, 4.69) is 10.6 Å². The second-order valence-electron chi connectivity index (χ2n) is 7.01. The second-order valence-corrected chi connectivity index (χ2v) is 7.01. The van der Waals surface area contributed by atoms with Crippen molar-refractivity contribution in [1.29, 1.82) is 0 Å². The van der Waals surface area contributed by atoms with E-state index in [0.717, 1.165) is 33.2 Å². The van der Waals surface area contributed by atoms with Crippen LogP contribution in [0.2, 0.25) is 0 Å². The molecule has 0 saturated carbocycles. The number of hydrogen-bond donors (Lipinski definition) is 3. The van der Waals surface area contributed by atoms with Crippen molar-refractivity contribution in [2.45, 2.75) is 26.9 Å². The highest BCUT2D eigenvalue weighted by atomic mass is 16.3. The van der Waals surface area contributed by atoms with Crippen LogP contribution in [0, 0.1) is 13.8 Å². The van der Waals surface area contributed by atoms with E-state index >= 15 is 0 Å². The molecule has 3 aromatic rings. The molecule has 0 aliphatic rings. The lowest BCUT2D eigenvalue weighted by atomic mass is 10.1. The van der Waals surface area contributed by atoms with E-state index in [4.69, 9.17) is 8.83 Å². The predicted octanol–water partition coefficient (Wildman–Crippen LogP) is 1.83. The fraction of sp³-hybridized carbons (Fsp3) is 0.273. The summed E-state index contributed by atoms with van der Waals surface area (Å²) in [6.07, 6.45) is 3.22. The molecule has 0 fully saturated rings. The van der Waals surface area contributed by atoms with Gasteiger partial charge < -0.3 is 24.4 Å². The standard InChI is InChI=1S/C22H25N3O4/c1-16-6-3-9-20(17(16)2)24-21(26)12-23-22(27)15-25(13-18-7-4-10-28-18)14-19-8-5-11-29-19/h3-11H,12-15H2,1-2H3,(H,23,27)(H,24,26)/p+1. The van der Waals surface area contributed by atoms with Crippen molar-refractivity contribution < 1.29 is 23.3 Å². The molecule has 3 rings (SSSR count). The van der Waals surface area contributed by atoms with Crippen molar-refractivity contribution in [3.8, 4) is 0 Å². The Hall–Kier alpha value is -3.32. The molecule has 7 heteroatoms. The molecule has 0 aliphatic heterocycles. The molecule has 1 aromatic carbocycles. The number of carbonyl (C=O) groups is 2. The monoisotopic (exact) mass is 396 g/mol. The number of carbonyl (C=O) groups excluding carboxylic acids is 2. The van der Waals surface area contributed by atoms with E-state index in [-0.39, 0.29) is 24.9 Å². The predicted molar refractivity (Wildman–Crippen MR) is 108 cm³/mol. The maximum absolute atomic E-state index is 12.4. The lowest BCUT2D eigenvalue weighted by Gasteiger charge is -2.17. The van der Waals surface area contributed by atoms with Gasteiger partial charge in [-0.3, -0.25) is 9.59 Å². The summed E-state index contributed by atoms with van der Waals surface area (Å²) in [5, 5.41) is 5.54. The zero-order valence-electron chi connectivity index (χ0n) is 16.7. The van der Waals surface area contributed by atoms with Crippen molar-refractivity contribution in [3.05, 3.63) is 77.6 Å². The van der Waals surface area contributed by atoms with Gasteiger partial charge in [0.1, 0.15) is 13.1 Å². The number of anilines is 1. The Balaban J connectivity index is 1.52. The summed E-state index contributed by atoms with van der Waals surface area (Å²) in [5.41, 5.74) is 2.87. The SMILES string of the molecule is Cc1cccc(NC(=O)CNC(=O)C[NH+](Cc2ccco2)Cc2ccco2)c1C. The Morgan fingerprint density at radius 1 is 0.897 bits per heavy atom. The van der Waals surface area contributed by atoms with E-state index in [1.165, 1.54) is 0 Å². The molecule has 2 heterocycles. The first-order chi connectivity index (χ1) is 14.0. The van der Waals surface area contributed by atoms with E-state index < -0.39 is 0 Å². The van der Waals surface area contributed by atoms with Crippen molar-refractivity contribution in [2.75, 3.05) is 18.4 Å². The molecule has 3 N–H and O–H groups in total. The third kappa shape index (κ3) is 6.08. The van der Waals surface area contributed by atoms with Crippen molar-refractivity contribution in [1.82, 2.24) is 5.32 Å². The summed E-state index contributed by atoms with van der Waals surface area (Å²) in [6, 6.07) is 13.1. The largest absolute Gasteiger partial charge is 0.463 e.